The molecule has 0 radical (unpaired) electrons. The fourth-order valence-corrected chi connectivity index (χ4v) is 2.77. The molecule has 2 unspecified atom stereocenters. The molecule has 96 valence electrons. The summed E-state index contributed by atoms with van der Waals surface area (Å²) in [4.78, 5) is 2.36. The summed E-state index contributed by atoms with van der Waals surface area (Å²) in [5.41, 5.74) is 0. The molecule has 17 heavy (non-hydrogen) atoms. The zero-order chi connectivity index (χ0) is 12.6. The Kier molecular flexibility index (Phi) is 3.56. The number of nitrogens with one attached hydrogen (secondary N) is 1. The normalized spacial score (nSPS) is 25.6. The van der Waals surface area contributed by atoms with Crippen LogP contribution < -0.4 is 4.90 Å². The van der Waals surface area contributed by atoms with Gasteiger partial charge >= 0.3 is 0 Å². The van der Waals surface area contributed by atoms with Gasteiger partial charge in [0.1, 0.15) is 0 Å². The van der Waals surface area contributed by atoms with Crippen LogP contribution in [-0.4, -0.2) is 27.9 Å². The van der Waals surface area contributed by atoms with E-state index in [1.165, 1.54) is 6.42 Å². The number of piperidine rings is 1. The molecule has 2 atom stereocenters. The molecule has 0 spiro atoms. The lowest BCUT2D eigenvalue weighted by molar-refractivity contribution is 0.319. The number of rotatable bonds is 2. The quantitative estimate of drug-likeness (QED) is 0.824. The van der Waals surface area contributed by atoms with Crippen molar-refractivity contribution in [3.63, 3.8) is 0 Å². The Morgan fingerprint density at radius 1 is 1.35 bits per heavy atom. The van der Waals surface area contributed by atoms with E-state index in [0.717, 1.165) is 35.6 Å². The summed E-state index contributed by atoms with van der Waals surface area (Å²) in [6.45, 7) is 11.1. The van der Waals surface area contributed by atoms with Crippen molar-refractivity contribution in [3.05, 3.63) is 4.77 Å². The Labute approximate surface area is 108 Å². The zero-order valence-corrected chi connectivity index (χ0v) is 11.9. The second-order valence-corrected chi connectivity index (χ2v) is 5.87. The summed E-state index contributed by atoms with van der Waals surface area (Å²) in [5, 5.41) is 7.31. The summed E-state index contributed by atoms with van der Waals surface area (Å²) in [6.07, 6.45) is 1.24. The van der Waals surface area contributed by atoms with Gasteiger partial charge in [-0.1, -0.05) is 13.8 Å². The molecule has 4 nitrogen and oxygen atoms in total. The minimum atomic E-state index is 0.353. The Morgan fingerprint density at radius 3 is 2.65 bits per heavy atom. The van der Waals surface area contributed by atoms with Crippen molar-refractivity contribution in [1.82, 2.24) is 14.8 Å². The van der Waals surface area contributed by atoms with Crippen LogP contribution in [0.15, 0.2) is 0 Å². The van der Waals surface area contributed by atoms with Crippen LogP contribution in [0.2, 0.25) is 0 Å². The molecule has 1 aliphatic rings. The van der Waals surface area contributed by atoms with Crippen molar-refractivity contribution in [1.29, 1.82) is 0 Å². The summed E-state index contributed by atoms with van der Waals surface area (Å²) < 4.78 is 2.83. The predicted octanol–water partition coefficient (Wildman–Crippen LogP) is 3.00. The predicted molar refractivity (Wildman–Crippen MR) is 73.0 cm³/mol. The van der Waals surface area contributed by atoms with Crippen LogP contribution in [0, 0.1) is 16.6 Å². The summed E-state index contributed by atoms with van der Waals surface area (Å²) in [5.74, 6) is 2.53. The molecule has 1 aliphatic heterocycles. The van der Waals surface area contributed by atoms with Gasteiger partial charge in [0, 0.05) is 19.1 Å². The van der Waals surface area contributed by atoms with Crippen molar-refractivity contribution < 1.29 is 0 Å². The zero-order valence-electron chi connectivity index (χ0n) is 11.1. The van der Waals surface area contributed by atoms with E-state index in [-0.39, 0.29) is 0 Å². The lowest BCUT2D eigenvalue weighted by Crippen LogP contribution is -2.40. The highest BCUT2D eigenvalue weighted by Gasteiger charge is 2.26. The van der Waals surface area contributed by atoms with Gasteiger partial charge in [0.15, 0.2) is 4.77 Å². The molecule has 0 amide bonds. The summed E-state index contributed by atoms with van der Waals surface area (Å²) in [7, 11) is 0. The molecule has 0 saturated carbocycles. The third kappa shape index (κ3) is 2.39. The third-order valence-corrected chi connectivity index (χ3v) is 4.11. The van der Waals surface area contributed by atoms with Gasteiger partial charge in [-0.2, -0.15) is 0 Å². The number of hydrogen-bond donors (Lipinski definition) is 1. The van der Waals surface area contributed by atoms with Crippen molar-refractivity contribution in [2.24, 2.45) is 11.8 Å². The van der Waals surface area contributed by atoms with E-state index in [1.807, 2.05) is 0 Å². The van der Waals surface area contributed by atoms with Crippen LogP contribution in [0.3, 0.4) is 0 Å². The molecule has 1 saturated heterocycles. The van der Waals surface area contributed by atoms with E-state index in [9.17, 15) is 0 Å². The maximum absolute atomic E-state index is 5.29. The highest BCUT2D eigenvalue weighted by Crippen LogP contribution is 2.27. The van der Waals surface area contributed by atoms with Gasteiger partial charge in [0.05, 0.1) is 0 Å². The number of hydrogen-bond acceptors (Lipinski definition) is 3. The monoisotopic (exact) mass is 254 g/mol. The van der Waals surface area contributed by atoms with Crippen LogP contribution in [0.25, 0.3) is 0 Å². The summed E-state index contributed by atoms with van der Waals surface area (Å²) >= 11 is 5.29. The van der Waals surface area contributed by atoms with Crippen LogP contribution in [0.1, 0.15) is 40.2 Å². The summed E-state index contributed by atoms with van der Waals surface area (Å²) in [6, 6.07) is 0.353. The minimum absolute atomic E-state index is 0.353. The SMILES string of the molecule is CC1CCN(c2n[nH]c(=S)n2C(C)C)CC1C. The molecular weight excluding hydrogens is 232 g/mol. The molecule has 0 bridgehead atoms. The molecule has 0 aliphatic carbocycles. The Balaban J connectivity index is 2.26. The maximum Gasteiger partial charge on any atom is 0.225 e. The van der Waals surface area contributed by atoms with Crippen molar-refractivity contribution in [2.45, 2.75) is 40.2 Å². The smallest absolute Gasteiger partial charge is 0.225 e. The van der Waals surface area contributed by atoms with Crippen LogP contribution in [0.4, 0.5) is 5.95 Å². The maximum atomic E-state index is 5.29. The van der Waals surface area contributed by atoms with E-state index in [1.54, 1.807) is 0 Å². The molecule has 1 N–H and O–H groups in total. The second-order valence-electron chi connectivity index (χ2n) is 5.48. The number of aromatic amines is 1. The Hall–Kier alpha value is -0.840. The van der Waals surface area contributed by atoms with Crippen molar-refractivity contribution in [3.8, 4) is 0 Å². The molecule has 1 aromatic heterocycles. The van der Waals surface area contributed by atoms with Gasteiger partial charge in [0.25, 0.3) is 0 Å². The first-order valence-corrected chi connectivity index (χ1v) is 6.83. The molecule has 2 heterocycles. The van der Waals surface area contributed by atoms with E-state index < -0.39 is 0 Å². The molecule has 5 heteroatoms. The van der Waals surface area contributed by atoms with E-state index in [2.05, 4.69) is 47.4 Å². The third-order valence-electron chi connectivity index (χ3n) is 3.82. The fourth-order valence-electron chi connectivity index (χ4n) is 2.43. The van der Waals surface area contributed by atoms with Gasteiger partial charge in [0.2, 0.25) is 5.95 Å². The first-order valence-electron chi connectivity index (χ1n) is 6.42. The molecule has 2 rings (SSSR count). The second kappa shape index (κ2) is 4.80. The van der Waals surface area contributed by atoms with E-state index in [0.29, 0.717) is 6.04 Å². The highest BCUT2D eigenvalue weighted by atomic mass is 32.1. The topological polar surface area (TPSA) is 36.9 Å². The van der Waals surface area contributed by atoms with Gasteiger partial charge < -0.3 is 4.90 Å². The lowest BCUT2D eigenvalue weighted by Gasteiger charge is -2.36. The molecular formula is C12H22N4S. The van der Waals surface area contributed by atoms with Gasteiger partial charge in [-0.15, -0.1) is 5.10 Å². The van der Waals surface area contributed by atoms with Crippen molar-refractivity contribution >= 4 is 18.2 Å². The number of H-pyrrole nitrogens is 1. The largest absolute Gasteiger partial charge is 0.341 e. The number of anilines is 1. The van der Waals surface area contributed by atoms with Crippen molar-refractivity contribution in [2.75, 3.05) is 18.0 Å². The van der Waals surface area contributed by atoms with Gasteiger partial charge in [-0.25, -0.2) is 5.10 Å². The average Bonchev–Trinajstić information content (AvgIpc) is 2.64. The first-order chi connectivity index (χ1) is 8.00. The Morgan fingerprint density at radius 2 is 2.06 bits per heavy atom. The minimum Gasteiger partial charge on any atom is -0.341 e. The molecule has 0 aromatic carbocycles. The highest BCUT2D eigenvalue weighted by molar-refractivity contribution is 7.71. The van der Waals surface area contributed by atoms with Gasteiger partial charge in [-0.3, -0.25) is 4.57 Å². The first kappa shape index (κ1) is 12.6. The number of nitrogens with zero attached hydrogens (tertiary/aromatic N) is 3. The lowest BCUT2D eigenvalue weighted by atomic mass is 9.89. The van der Waals surface area contributed by atoms with E-state index >= 15 is 0 Å². The standard InChI is InChI=1S/C12H22N4S/c1-8(2)16-11(13-14-12(16)17)15-6-5-9(3)10(4)7-15/h8-10H,5-7H2,1-4H3,(H,14,17). The van der Waals surface area contributed by atoms with Gasteiger partial charge in [-0.05, 0) is 44.3 Å². The van der Waals surface area contributed by atoms with Crippen LogP contribution in [0.5, 0.6) is 0 Å². The van der Waals surface area contributed by atoms with Crippen LogP contribution >= 0.6 is 12.2 Å². The van der Waals surface area contributed by atoms with E-state index in [4.69, 9.17) is 12.2 Å². The average molecular weight is 254 g/mol. The van der Waals surface area contributed by atoms with Crippen LogP contribution in [-0.2, 0) is 0 Å². The molecule has 1 aromatic rings. The fraction of sp³-hybridized carbons (Fsp3) is 0.833. The molecule has 1 fully saturated rings. The Bertz CT molecular complexity index is 434. The number of aromatic nitrogens is 3.